The van der Waals surface area contributed by atoms with Gasteiger partial charge < -0.3 is 20.4 Å². The largest absolute Gasteiger partial charge is 0.388 e. The van der Waals surface area contributed by atoms with Crippen LogP contribution in [0.3, 0.4) is 0 Å². The van der Waals surface area contributed by atoms with E-state index in [2.05, 4.69) is 12.2 Å². The SMILES string of the molecule is Cc1ccc(C(=O)NC[C@H]2[C@H](O)[C@H](O)CN2C(=O)CC[C@@H]2C[C@H]2C)cc1. The van der Waals surface area contributed by atoms with Gasteiger partial charge in [-0.25, -0.2) is 0 Å². The van der Waals surface area contributed by atoms with Crippen molar-refractivity contribution in [3.63, 3.8) is 0 Å². The first-order valence-electron chi connectivity index (χ1n) is 9.37. The third-order valence-corrected chi connectivity index (χ3v) is 5.68. The van der Waals surface area contributed by atoms with E-state index in [-0.39, 0.29) is 24.9 Å². The maximum absolute atomic E-state index is 12.5. The van der Waals surface area contributed by atoms with Crippen LogP contribution in [0, 0.1) is 18.8 Å². The van der Waals surface area contributed by atoms with Crippen LogP contribution in [0.2, 0.25) is 0 Å². The smallest absolute Gasteiger partial charge is 0.251 e. The lowest BCUT2D eigenvalue weighted by Gasteiger charge is -2.26. The Morgan fingerprint density at radius 2 is 1.88 bits per heavy atom. The minimum Gasteiger partial charge on any atom is -0.388 e. The highest BCUT2D eigenvalue weighted by Crippen LogP contribution is 2.41. The molecule has 1 heterocycles. The van der Waals surface area contributed by atoms with Gasteiger partial charge in [-0.3, -0.25) is 9.59 Å². The van der Waals surface area contributed by atoms with E-state index in [0.717, 1.165) is 12.0 Å². The first kappa shape index (κ1) is 18.9. The molecule has 1 aliphatic heterocycles. The van der Waals surface area contributed by atoms with Crippen molar-refractivity contribution in [1.29, 1.82) is 0 Å². The van der Waals surface area contributed by atoms with Gasteiger partial charge in [-0.2, -0.15) is 0 Å². The van der Waals surface area contributed by atoms with Gasteiger partial charge in [-0.05, 0) is 43.7 Å². The quantitative estimate of drug-likeness (QED) is 0.708. The molecule has 3 N–H and O–H groups in total. The van der Waals surface area contributed by atoms with Crippen molar-refractivity contribution in [2.75, 3.05) is 13.1 Å². The number of β-amino-alcohol motifs (C(OH)–C–C–N with tert-alkyl or cyclic N) is 1. The Morgan fingerprint density at radius 1 is 1.23 bits per heavy atom. The molecule has 26 heavy (non-hydrogen) atoms. The van der Waals surface area contributed by atoms with Crippen molar-refractivity contribution in [2.45, 2.75) is 51.4 Å². The molecule has 1 saturated heterocycles. The summed E-state index contributed by atoms with van der Waals surface area (Å²) in [5, 5.41) is 23.0. The normalized spacial score (nSPS) is 30.3. The topological polar surface area (TPSA) is 89.9 Å². The summed E-state index contributed by atoms with van der Waals surface area (Å²) in [6.45, 7) is 4.37. The van der Waals surface area contributed by atoms with Gasteiger partial charge in [-0.1, -0.05) is 24.6 Å². The molecule has 2 aliphatic rings. The number of likely N-dealkylation sites (tertiary alicyclic amines) is 1. The lowest BCUT2D eigenvalue weighted by atomic mass is 10.1. The molecule has 1 aliphatic carbocycles. The number of benzene rings is 1. The lowest BCUT2D eigenvalue weighted by molar-refractivity contribution is -0.133. The maximum atomic E-state index is 12.5. The molecule has 0 radical (unpaired) electrons. The Bertz CT molecular complexity index is 660. The Hall–Kier alpha value is -1.92. The predicted octanol–water partition coefficient (Wildman–Crippen LogP) is 1.09. The maximum Gasteiger partial charge on any atom is 0.251 e. The van der Waals surface area contributed by atoms with E-state index in [1.807, 2.05) is 19.1 Å². The molecule has 6 heteroatoms. The molecule has 142 valence electrons. The number of hydrogen-bond donors (Lipinski definition) is 3. The Morgan fingerprint density at radius 3 is 2.50 bits per heavy atom. The van der Waals surface area contributed by atoms with Gasteiger partial charge in [0.1, 0.15) is 6.10 Å². The molecule has 2 amide bonds. The van der Waals surface area contributed by atoms with Crippen molar-refractivity contribution in [3.8, 4) is 0 Å². The Labute approximate surface area is 154 Å². The van der Waals surface area contributed by atoms with Crippen LogP contribution in [-0.4, -0.2) is 58.3 Å². The lowest BCUT2D eigenvalue weighted by Crippen LogP contribution is -2.47. The number of aryl methyl sites for hydroxylation is 1. The molecule has 1 aromatic rings. The molecule has 0 unspecified atom stereocenters. The monoisotopic (exact) mass is 360 g/mol. The molecule has 3 rings (SSSR count). The standard InChI is InChI=1S/C20H28N2O4/c1-12-3-5-14(6-4-12)20(26)21-10-16-19(25)17(23)11-22(16)18(24)8-7-15-9-13(15)2/h3-6,13,15-17,19,23,25H,7-11H2,1-2H3,(H,21,26)/t13-,15-,16+,17-,19+/m1/s1. The van der Waals surface area contributed by atoms with Crippen molar-refractivity contribution in [2.24, 2.45) is 11.8 Å². The van der Waals surface area contributed by atoms with Crippen molar-refractivity contribution in [1.82, 2.24) is 10.2 Å². The fourth-order valence-corrected chi connectivity index (χ4v) is 3.66. The molecule has 1 saturated carbocycles. The number of aliphatic hydroxyl groups is 2. The molecule has 1 aromatic carbocycles. The fourth-order valence-electron chi connectivity index (χ4n) is 3.66. The summed E-state index contributed by atoms with van der Waals surface area (Å²) in [5.74, 6) is 1.00. The van der Waals surface area contributed by atoms with Gasteiger partial charge in [0.15, 0.2) is 0 Å². The summed E-state index contributed by atoms with van der Waals surface area (Å²) >= 11 is 0. The number of carbonyl (C=O) groups excluding carboxylic acids is 2. The van der Waals surface area contributed by atoms with Crippen LogP contribution < -0.4 is 5.32 Å². The molecule has 0 spiro atoms. The van der Waals surface area contributed by atoms with E-state index >= 15 is 0 Å². The molecular formula is C20H28N2O4. The Kier molecular flexibility index (Phi) is 5.63. The van der Waals surface area contributed by atoms with E-state index < -0.39 is 18.2 Å². The van der Waals surface area contributed by atoms with Gasteiger partial charge in [0.05, 0.1) is 12.1 Å². The first-order valence-corrected chi connectivity index (χ1v) is 9.37. The van der Waals surface area contributed by atoms with Crippen molar-refractivity contribution < 1.29 is 19.8 Å². The average Bonchev–Trinajstić information content (AvgIpc) is 3.25. The third-order valence-electron chi connectivity index (χ3n) is 5.68. The number of aliphatic hydroxyl groups excluding tert-OH is 2. The zero-order chi connectivity index (χ0) is 18.8. The molecular weight excluding hydrogens is 332 g/mol. The van der Waals surface area contributed by atoms with Crippen LogP contribution in [0.25, 0.3) is 0 Å². The van der Waals surface area contributed by atoms with E-state index in [9.17, 15) is 19.8 Å². The molecule has 0 aromatic heterocycles. The van der Waals surface area contributed by atoms with Crippen LogP contribution in [0.15, 0.2) is 24.3 Å². The molecule has 2 fully saturated rings. The fraction of sp³-hybridized carbons (Fsp3) is 0.600. The second-order valence-corrected chi connectivity index (χ2v) is 7.76. The number of carbonyl (C=O) groups is 2. The van der Waals surface area contributed by atoms with Crippen LogP contribution in [0.1, 0.15) is 42.1 Å². The summed E-state index contributed by atoms with van der Waals surface area (Å²) in [4.78, 5) is 26.3. The Balaban J connectivity index is 1.57. The van der Waals surface area contributed by atoms with Crippen molar-refractivity contribution >= 4 is 11.8 Å². The zero-order valence-electron chi connectivity index (χ0n) is 15.4. The van der Waals surface area contributed by atoms with Crippen LogP contribution in [0.4, 0.5) is 0 Å². The summed E-state index contributed by atoms with van der Waals surface area (Å²) in [5.41, 5.74) is 1.60. The number of nitrogens with one attached hydrogen (secondary N) is 1. The zero-order valence-corrected chi connectivity index (χ0v) is 15.4. The highest BCUT2D eigenvalue weighted by atomic mass is 16.3. The van der Waals surface area contributed by atoms with Gasteiger partial charge in [0.25, 0.3) is 5.91 Å². The molecule has 0 bridgehead atoms. The second-order valence-electron chi connectivity index (χ2n) is 7.76. The van der Waals surface area contributed by atoms with Crippen LogP contribution in [-0.2, 0) is 4.79 Å². The molecule has 6 nitrogen and oxygen atoms in total. The predicted molar refractivity (Wildman–Crippen MR) is 97.5 cm³/mol. The van der Waals surface area contributed by atoms with E-state index in [1.165, 1.54) is 11.3 Å². The highest BCUT2D eigenvalue weighted by molar-refractivity contribution is 5.94. The summed E-state index contributed by atoms with van der Waals surface area (Å²) in [6.07, 6.45) is 0.438. The highest BCUT2D eigenvalue weighted by Gasteiger charge is 2.42. The van der Waals surface area contributed by atoms with E-state index in [0.29, 0.717) is 23.8 Å². The van der Waals surface area contributed by atoms with Gasteiger partial charge in [0.2, 0.25) is 5.91 Å². The minimum absolute atomic E-state index is 0.0608. The summed E-state index contributed by atoms with van der Waals surface area (Å²) in [6, 6.07) is 6.60. The molecule has 5 atom stereocenters. The van der Waals surface area contributed by atoms with Gasteiger partial charge in [0, 0.05) is 25.1 Å². The number of nitrogens with zero attached hydrogens (tertiary/aromatic N) is 1. The number of amides is 2. The van der Waals surface area contributed by atoms with Crippen LogP contribution in [0.5, 0.6) is 0 Å². The number of hydrogen-bond acceptors (Lipinski definition) is 4. The van der Waals surface area contributed by atoms with E-state index in [1.54, 1.807) is 12.1 Å². The van der Waals surface area contributed by atoms with Crippen LogP contribution >= 0.6 is 0 Å². The summed E-state index contributed by atoms with van der Waals surface area (Å²) < 4.78 is 0. The summed E-state index contributed by atoms with van der Waals surface area (Å²) in [7, 11) is 0. The number of rotatable bonds is 6. The average molecular weight is 360 g/mol. The minimum atomic E-state index is -1.04. The first-order chi connectivity index (χ1) is 12.4. The van der Waals surface area contributed by atoms with E-state index in [4.69, 9.17) is 0 Å². The van der Waals surface area contributed by atoms with Crippen molar-refractivity contribution in [3.05, 3.63) is 35.4 Å². The third kappa shape index (κ3) is 4.24. The van der Waals surface area contributed by atoms with Gasteiger partial charge >= 0.3 is 0 Å². The van der Waals surface area contributed by atoms with Gasteiger partial charge in [-0.15, -0.1) is 0 Å². The second kappa shape index (κ2) is 7.76.